The summed E-state index contributed by atoms with van der Waals surface area (Å²) in [6, 6.07) is 14.5. The number of morpholine rings is 1. The van der Waals surface area contributed by atoms with Gasteiger partial charge in [-0.3, -0.25) is 9.67 Å². The summed E-state index contributed by atoms with van der Waals surface area (Å²) in [4.78, 5) is 11.3. The van der Waals surface area contributed by atoms with Gasteiger partial charge in [-0.15, -0.1) is 24.0 Å². The predicted molar refractivity (Wildman–Crippen MR) is 147 cm³/mol. The number of anilines is 1. The zero-order chi connectivity index (χ0) is 23.0. The molecule has 0 radical (unpaired) electrons. The summed E-state index contributed by atoms with van der Waals surface area (Å²) in [5.41, 5.74) is 3.56. The van der Waals surface area contributed by atoms with Gasteiger partial charge < -0.3 is 20.3 Å². The van der Waals surface area contributed by atoms with Gasteiger partial charge in [0.25, 0.3) is 0 Å². The molecule has 0 amide bonds. The Morgan fingerprint density at radius 2 is 1.76 bits per heavy atom. The first-order valence-electron chi connectivity index (χ1n) is 11.4. The lowest BCUT2D eigenvalue weighted by molar-refractivity contribution is -0.00545. The van der Waals surface area contributed by atoms with E-state index in [1.54, 1.807) is 13.2 Å². The summed E-state index contributed by atoms with van der Waals surface area (Å²) in [5, 5.41) is 11.1. The summed E-state index contributed by atoms with van der Waals surface area (Å²) in [7, 11) is 1.78. The van der Waals surface area contributed by atoms with Crippen molar-refractivity contribution in [1.29, 1.82) is 0 Å². The molecule has 1 fully saturated rings. The smallest absolute Gasteiger partial charge is 0.191 e. The van der Waals surface area contributed by atoms with E-state index in [4.69, 9.17) is 4.74 Å². The minimum absolute atomic E-state index is 0. The van der Waals surface area contributed by atoms with Gasteiger partial charge in [0.05, 0.1) is 18.8 Å². The molecular weight excluding hydrogens is 541 g/mol. The lowest BCUT2D eigenvalue weighted by Gasteiger charge is -2.36. The van der Waals surface area contributed by atoms with Gasteiger partial charge in [0.1, 0.15) is 5.82 Å². The van der Waals surface area contributed by atoms with E-state index in [2.05, 4.69) is 80.9 Å². The summed E-state index contributed by atoms with van der Waals surface area (Å²) < 4.78 is 7.75. The summed E-state index contributed by atoms with van der Waals surface area (Å²) in [6.07, 6.45) is 6.15. The van der Waals surface area contributed by atoms with Crippen LogP contribution in [0, 0.1) is 0 Å². The average molecular weight is 575 g/mol. The van der Waals surface area contributed by atoms with Crippen molar-refractivity contribution in [2.45, 2.75) is 45.7 Å². The molecule has 1 aliphatic heterocycles. The molecule has 0 saturated carbocycles. The number of nitrogens with one attached hydrogen (secondary N) is 2. The zero-order valence-corrected chi connectivity index (χ0v) is 22.3. The van der Waals surface area contributed by atoms with Crippen LogP contribution in [0.25, 0.3) is 0 Å². The van der Waals surface area contributed by atoms with Gasteiger partial charge >= 0.3 is 0 Å². The van der Waals surface area contributed by atoms with Gasteiger partial charge in [0.2, 0.25) is 0 Å². The monoisotopic (exact) mass is 575 g/mol. The molecule has 34 heavy (non-hydrogen) atoms. The molecule has 1 aromatic carbocycles. The molecule has 2 N–H and O–H groups in total. The van der Waals surface area contributed by atoms with Gasteiger partial charge in [0, 0.05) is 51.8 Å². The van der Waals surface area contributed by atoms with E-state index in [1.165, 1.54) is 11.1 Å². The average Bonchev–Trinajstić information content (AvgIpc) is 3.33. The van der Waals surface area contributed by atoms with Crippen molar-refractivity contribution in [1.82, 2.24) is 25.4 Å². The number of rotatable bonds is 7. The Hall–Kier alpha value is -2.66. The van der Waals surface area contributed by atoms with Crippen molar-refractivity contribution < 1.29 is 4.74 Å². The minimum atomic E-state index is 0. The molecule has 8 nitrogen and oxygen atoms in total. The molecule has 3 heterocycles. The maximum absolute atomic E-state index is 5.82. The normalized spacial score (nSPS) is 18.3. The molecule has 2 aromatic heterocycles. The standard InChI is InChI=1S/C25H33N7O.HI/c1-19-16-31(17-20(2)33-19)24-10-9-21(13-27-24)14-28-25(26-3)29-15-22-7-4-5-8-23(22)18-32-12-6-11-30-32;/h4-13,19-20H,14-18H2,1-3H3,(H2,26,28,29);1H. The highest BCUT2D eigenvalue weighted by atomic mass is 127. The van der Waals surface area contributed by atoms with Crippen LogP contribution in [0.3, 0.4) is 0 Å². The Kier molecular flexibility index (Phi) is 9.70. The van der Waals surface area contributed by atoms with E-state index >= 15 is 0 Å². The Bertz CT molecular complexity index is 1030. The zero-order valence-electron chi connectivity index (χ0n) is 20.0. The molecular formula is C25H34IN7O. The van der Waals surface area contributed by atoms with Crippen LogP contribution >= 0.6 is 24.0 Å². The largest absolute Gasteiger partial charge is 0.372 e. The number of pyridine rings is 1. The quantitative estimate of drug-likeness (QED) is 0.256. The molecule has 2 unspecified atom stereocenters. The fourth-order valence-corrected chi connectivity index (χ4v) is 4.11. The first-order valence-corrected chi connectivity index (χ1v) is 11.4. The molecule has 2 atom stereocenters. The van der Waals surface area contributed by atoms with Crippen LogP contribution in [0.2, 0.25) is 0 Å². The van der Waals surface area contributed by atoms with Crippen LogP contribution in [-0.4, -0.2) is 53.1 Å². The topological polar surface area (TPSA) is 79.6 Å². The van der Waals surface area contributed by atoms with Crippen LogP contribution in [0.1, 0.15) is 30.5 Å². The Morgan fingerprint density at radius 3 is 2.41 bits per heavy atom. The van der Waals surface area contributed by atoms with Gasteiger partial charge in [-0.1, -0.05) is 30.3 Å². The lowest BCUT2D eigenvalue weighted by atomic mass is 10.1. The first-order chi connectivity index (χ1) is 16.1. The van der Waals surface area contributed by atoms with E-state index in [1.807, 2.05) is 23.1 Å². The van der Waals surface area contributed by atoms with Crippen LogP contribution in [0.5, 0.6) is 0 Å². The molecule has 3 aromatic rings. The van der Waals surface area contributed by atoms with E-state index in [0.29, 0.717) is 13.1 Å². The number of hydrogen-bond acceptors (Lipinski definition) is 5. The van der Waals surface area contributed by atoms with E-state index in [0.717, 1.165) is 37.0 Å². The maximum Gasteiger partial charge on any atom is 0.191 e. The number of hydrogen-bond donors (Lipinski definition) is 2. The van der Waals surface area contributed by atoms with Gasteiger partial charge in [-0.2, -0.15) is 5.10 Å². The second-order valence-electron chi connectivity index (χ2n) is 8.44. The molecule has 9 heteroatoms. The third kappa shape index (κ3) is 7.17. The SMILES string of the molecule is CN=C(NCc1ccc(N2CC(C)OC(C)C2)nc1)NCc1ccccc1Cn1cccn1.I. The fraction of sp³-hybridized carbons (Fsp3) is 0.400. The maximum atomic E-state index is 5.82. The molecule has 1 aliphatic rings. The minimum Gasteiger partial charge on any atom is -0.372 e. The van der Waals surface area contributed by atoms with Crippen LogP contribution < -0.4 is 15.5 Å². The Labute approximate surface area is 218 Å². The summed E-state index contributed by atoms with van der Waals surface area (Å²) in [6.45, 7) is 8.03. The van der Waals surface area contributed by atoms with Crippen molar-refractivity contribution in [3.63, 3.8) is 0 Å². The number of halogens is 1. The van der Waals surface area contributed by atoms with Gasteiger partial charge in [0.15, 0.2) is 5.96 Å². The third-order valence-corrected chi connectivity index (χ3v) is 5.69. The summed E-state index contributed by atoms with van der Waals surface area (Å²) in [5.74, 6) is 1.75. The Morgan fingerprint density at radius 1 is 1.03 bits per heavy atom. The molecule has 0 bridgehead atoms. The van der Waals surface area contributed by atoms with Crippen LogP contribution in [0.4, 0.5) is 5.82 Å². The van der Waals surface area contributed by atoms with E-state index in [9.17, 15) is 0 Å². The van der Waals surface area contributed by atoms with Gasteiger partial charge in [-0.05, 0) is 42.7 Å². The number of aromatic nitrogens is 3. The highest BCUT2D eigenvalue weighted by molar-refractivity contribution is 14.0. The van der Waals surface area contributed by atoms with Crippen molar-refractivity contribution >= 4 is 35.8 Å². The number of guanidine groups is 1. The van der Waals surface area contributed by atoms with E-state index in [-0.39, 0.29) is 36.2 Å². The predicted octanol–water partition coefficient (Wildman–Crippen LogP) is 3.42. The van der Waals surface area contributed by atoms with Crippen molar-refractivity contribution in [3.8, 4) is 0 Å². The highest BCUT2D eigenvalue weighted by Crippen LogP contribution is 2.18. The Balaban J connectivity index is 0.00000324. The van der Waals surface area contributed by atoms with Crippen molar-refractivity contribution in [3.05, 3.63) is 77.7 Å². The molecule has 0 spiro atoms. The number of aliphatic imine (C=N–C) groups is 1. The molecule has 4 rings (SSSR count). The number of nitrogens with zero attached hydrogens (tertiary/aromatic N) is 5. The second kappa shape index (κ2) is 12.7. The van der Waals surface area contributed by atoms with E-state index < -0.39 is 0 Å². The van der Waals surface area contributed by atoms with Crippen LogP contribution in [-0.2, 0) is 24.4 Å². The first kappa shape index (κ1) is 26.0. The summed E-state index contributed by atoms with van der Waals surface area (Å²) >= 11 is 0. The second-order valence-corrected chi connectivity index (χ2v) is 8.44. The number of benzene rings is 1. The fourth-order valence-electron chi connectivity index (χ4n) is 4.11. The number of ether oxygens (including phenoxy) is 1. The molecule has 182 valence electrons. The molecule has 1 saturated heterocycles. The van der Waals surface area contributed by atoms with Gasteiger partial charge in [-0.25, -0.2) is 4.98 Å². The molecule has 0 aliphatic carbocycles. The lowest BCUT2D eigenvalue weighted by Crippen LogP contribution is -2.45. The van der Waals surface area contributed by atoms with Crippen molar-refractivity contribution in [2.75, 3.05) is 25.0 Å². The van der Waals surface area contributed by atoms with Crippen LogP contribution in [0.15, 0.2) is 66.0 Å². The highest BCUT2D eigenvalue weighted by Gasteiger charge is 2.22. The van der Waals surface area contributed by atoms with Crippen molar-refractivity contribution in [2.24, 2.45) is 4.99 Å². The third-order valence-electron chi connectivity index (χ3n) is 5.69.